The van der Waals surface area contributed by atoms with Crippen LogP contribution in [0.2, 0.25) is 0 Å². The van der Waals surface area contributed by atoms with Crippen LogP contribution in [-0.2, 0) is 0 Å². The summed E-state index contributed by atoms with van der Waals surface area (Å²) >= 11 is 0. The van der Waals surface area contributed by atoms with Crippen molar-refractivity contribution >= 4 is 0 Å². The molecule has 0 spiro atoms. The van der Waals surface area contributed by atoms with Crippen LogP contribution >= 0.6 is 0 Å². The van der Waals surface area contributed by atoms with Crippen LogP contribution in [0.4, 0.5) is 8.78 Å². The third kappa shape index (κ3) is 4.01. The predicted molar refractivity (Wildman–Crippen MR) is 74.3 cm³/mol. The molecular weight excluding hydrogens is 278 g/mol. The molecule has 0 radical (unpaired) electrons. The highest BCUT2D eigenvalue weighted by molar-refractivity contribution is 5.35. The molecule has 2 unspecified atom stereocenters. The Morgan fingerprint density at radius 2 is 1.90 bits per heavy atom. The topological polar surface area (TPSA) is 47.3 Å². The van der Waals surface area contributed by atoms with Crippen LogP contribution in [-0.4, -0.2) is 11.6 Å². The molecule has 1 aromatic heterocycles. The Hall–Kier alpha value is -1.95. The average molecular weight is 296 g/mol. The van der Waals surface area contributed by atoms with Gasteiger partial charge in [-0.25, -0.2) is 4.98 Å². The van der Waals surface area contributed by atoms with E-state index in [0.29, 0.717) is 11.5 Å². The summed E-state index contributed by atoms with van der Waals surface area (Å²) in [5, 5.41) is 3.26. The smallest absolute Gasteiger partial charge is 0.387 e. The van der Waals surface area contributed by atoms with E-state index < -0.39 is 6.61 Å². The molecule has 4 nitrogen and oxygen atoms in total. The molecule has 6 heteroatoms. The van der Waals surface area contributed by atoms with E-state index in [1.165, 1.54) is 6.07 Å². The second-order valence-electron chi connectivity index (χ2n) is 4.84. The van der Waals surface area contributed by atoms with Crippen molar-refractivity contribution in [1.82, 2.24) is 10.3 Å². The second kappa shape index (κ2) is 6.67. The van der Waals surface area contributed by atoms with Gasteiger partial charge in [-0.1, -0.05) is 18.2 Å². The van der Waals surface area contributed by atoms with Crippen molar-refractivity contribution in [3.63, 3.8) is 0 Å². The molecular formula is C15H18F2N2O2. The van der Waals surface area contributed by atoms with Crippen molar-refractivity contribution in [2.45, 2.75) is 39.5 Å². The fourth-order valence-corrected chi connectivity index (χ4v) is 2.15. The van der Waals surface area contributed by atoms with Crippen LogP contribution in [0.5, 0.6) is 5.75 Å². The third-order valence-electron chi connectivity index (χ3n) is 3.11. The predicted octanol–water partition coefficient (Wildman–Crippen LogP) is 4.00. The zero-order valence-corrected chi connectivity index (χ0v) is 12.1. The summed E-state index contributed by atoms with van der Waals surface area (Å²) in [6.45, 7) is 2.75. The monoisotopic (exact) mass is 296 g/mol. The van der Waals surface area contributed by atoms with E-state index in [0.717, 1.165) is 5.76 Å². The van der Waals surface area contributed by atoms with E-state index in [1.54, 1.807) is 24.4 Å². The van der Waals surface area contributed by atoms with E-state index in [-0.39, 0.29) is 17.8 Å². The van der Waals surface area contributed by atoms with Crippen LogP contribution in [0.15, 0.2) is 34.9 Å². The molecule has 1 aromatic carbocycles. The molecule has 0 fully saturated rings. The molecule has 114 valence electrons. The Morgan fingerprint density at radius 1 is 1.19 bits per heavy atom. The fraction of sp³-hybridized carbons (Fsp3) is 0.400. The first-order valence-corrected chi connectivity index (χ1v) is 6.69. The first-order chi connectivity index (χ1) is 9.97. The normalized spacial score (nSPS) is 14.2. The van der Waals surface area contributed by atoms with Crippen molar-refractivity contribution in [2.75, 3.05) is 0 Å². The Balaban J connectivity index is 2.11. The number of benzene rings is 1. The summed E-state index contributed by atoms with van der Waals surface area (Å²) in [7, 11) is 0. The maximum atomic E-state index is 12.4. The molecule has 0 aliphatic rings. The van der Waals surface area contributed by atoms with Crippen LogP contribution in [0, 0.1) is 6.92 Å². The number of hydrogen-bond donors (Lipinski definition) is 1. The summed E-state index contributed by atoms with van der Waals surface area (Å²) in [6.07, 6.45) is 1.64. The quantitative estimate of drug-likeness (QED) is 0.875. The van der Waals surface area contributed by atoms with Gasteiger partial charge in [0.15, 0.2) is 0 Å². The first-order valence-electron chi connectivity index (χ1n) is 6.69. The third-order valence-corrected chi connectivity index (χ3v) is 3.11. The molecule has 2 aromatic rings. The molecule has 0 bridgehead atoms. The Bertz CT molecular complexity index is 587. The van der Waals surface area contributed by atoms with E-state index in [4.69, 9.17) is 4.42 Å². The molecule has 2 atom stereocenters. The number of nitrogens with zero attached hydrogens (tertiary/aromatic N) is 1. The van der Waals surface area contributed by atoms with Gasteiger partial charge in [-0.05, 0) is 26.8 Å². The van der Waals surface area contributed by atoms with Gasteiger partial charge in [-0.15, -0.1) is 0 Å². The van der Waals surface area contributed by atoms with E-state index in [2.05, 4.69) is 15.0 Å². The molecule has 1 N–H and O–H groups in total. The molecule has 21 heavy (non-hydrogen) atoms. The number of nitrogens with one attached hydrogen (secondary N) is 1. The van der Waals surface area contributed by atoms with Gasteiger partial charge in [0.25, 0.3) is 0 Å². The van der Waals surface area contributed by atoms with Gasteiger partial charge in [0.05, 0.1) is 12.2 Å². The summed E-state index contributed by atoms with van der Waals surface area (Å²) in [4.78, 5) is 4.15. The fourth-order valence-electron chi connectivity index (χ4n) is 2.15. The second-order valence-corrected chi connectivity index (χ2v) is 4.84. The maximum absolute atomic E-state index is 12.4. The SMILES string of the molecule is Cc1cnc(C(C)NC(C)c2ccccc2OC(F)F)o1. The standard InChI is InChI=1S/C15H18F2N2O2/c1-9-8-18-14(20-9)11(3)19-10(2)12-6-4-5-7-13(12)21-15(16)17/h4-8,10-11,15,19H,1-3H3. The van der Waals surface area contributed by atoms with E-state index >= 15 is 0 Å². The summed E-state index contributed by atoms with van der Waals surface area (Å²) in [5.74, 6) is 1.46. The minimum atomic E-state index is -2.84. The largest absolute Gasteiger partial charge is 0.444 e. The highest BCUT2D eigenvalue weighted by Crippen LogP contribution is 2.28. The van der Waals surface area contributed by atoms with Crippen molar-refractivity contribution in [1.29, 1.82) is 0 Å². The van der Waals surface area contributed by atoms with Gasteiger partial charge in [0.1, 0.15) is 11.5 Å². The molecule has 1 heterocycles. The Labute approximate surface area is 122 Å². The lowest BCUT2D eigenvalue weighted by atomic mass is 10.1. The summed E-state index contributed by atoms with van der Waals surface area (Å²) in [5.41, 5.74) is 0.660. The minimum Gasteiger partial charge on any atom is -0.444 e. The Morgan fingerprint density at radius 3 is 2.52 bits per heavy atom. The van der Waals surface area contributed by atoms with E-state index in [1.807, 2.05) is 20.8 Å². The molecule has 0 saturated heterocycles. The van der Waals surface area contributed by atoms with Gasteiger partial charge in [0.2, 0.25) is 5.89 Å². The van der Waals surface area contributed by atoms with Gasteiger partial charge in [0, 0.05) is 11.6 Å². The minimum absolute atomic E-state index is 0.145. The highest BCUT2D eigenvalue weighted by atomic mass is 19.3. The lowest BCUT2D eigenvalue weighted by molar-refractivity contribution is -0.0507. The van der Waals surface area contributed by atoms with Gasteiger partial charge < -0.3 is 9.15 Å². The van der Waals surface area contributed by atoms with Crippen molar-refractivity contribution in [3.05, 3.63) is 47.7 Å². The van der Waals surface area contributed by atoms with Crippen LogP contribution < -0.4 is 10.1 Å². The number of halogens is 2. The number of aryl methyl sites for hydroxylation is 1. The molecule has 2 rings (SSSR count). The lowest BCUT2D eigenvalue weighted by Crippen LogP contribution is -2.23. The molecule has 0 amide bonds. The van der Waals surface area contributed by atoms with Crippen LogP contribution in [0.25, 0.3) is 0 Å². The van der Waals surface area contributed by atoms with Gasteiger partial charge >= 0.3 is 6.61 Å². The Kier molecular flexibility index (Phi) is 4.90. The first kappa shape index (κ1) is 15.4. The van der Waals surface area contributed by atoms with E-state index in [9.17, 15) is 8.78 Å². The number of ether oxygens (including phenoxy) is 1. The molecule has 0 aliphatic heterocycles. The molecule has 0 saturated carbocycles. The van der Waals surface area contributed by atoms with Crippen LogP contribution in [0.3, 0.4) is 0 Å². The van der Waals surface area contributed by atoms with Crippen molar-refractivity contribution < 1.29 is 17.9 Å². The highest BCUT2D eigenvalue weighted by Gasteiger charge is 2.18. The van der Waals surface area contributed by atoms with Crippen molar-refractivity contribution in [2.24, 2.45) is 0 Å². The number of alkyl halides is 2. The maximum Gasteiger partial charge on any atom is 0.387 e. The lowest BCUT2D eigenvalue weighted by Gasteiger charge is -2.20. The average Bonchev–Trinajstić information content (AvgIpc) is 2.85. The summed E-state index contributed by atoms with van der Waals surface area (Å²) in [6, 6.07) is 6.39. The van der Waals surface area contributed by atoms with Gasteiger partial charge in [-0.3, -0.25) is 5.32 Å². The number of aromatic nitrogens is 1. The van der Waals surface area contributed by atoms with Crippen molar-refractivity contribution in [3.8, 4) is 5.75 Å². The zero-order valence-electron chi connectivity index (χ0n) is 12.1. The number of hydrogen-bond acceptors (Lipinski definition) is 4. The van der Waals surface area contributed by atoms with Gasteiger partial charge in [-0.2, -0.15) is 8.78 Å². The zero-order chi connectivity index (χ0) is 15.4. The van der Waals surface area contributed by atoms with Crippen LogP contribution in [0.1, 0.15) is 43.1 Å². The number of oxazole rings is 1. The number of para-hydroxylation sites is 1. The summed E-state index contributed by atoms with van der Waals surface area (Å²) < 4.78 is 34.9. The molecule has 0 aliphatic carbocycles. The number of rotatable bonds is 6.